The van der Waals surface area contributed by atoms with Crippen molar-refractivity contribution in [2.24, 2.45) is 0 Å². The zero-order valence-electron chi connectivity index (χ0n) is 39.3. The Morgan fingerprint density at radius 1 is 0.355 bits per heavy atom. The summed E-state index contributed by atoms with van der Waals surface area (Å²) in [6.07, 6.45) is 68.8. The van der Waals surface area contributed by atoms with Crippen LogP contribution in [0.2, 0.25) is 0 Å². The molecule has 6 heteroatoms. The molecule has 1 unspecified atom stereocenters. The van der Waals surface area contributed by atoms with Crippen molar-refractivity contribution >= 4 is 17.9 Å². The van der Waals surface area contributed by atoms with Crippen LogP contribution in [0.1, 0.15) is 181 Å². The molecular weight excluding hydrogens is 769 g/mol. The van der Waals surface area contributed by atoms with Gasteiger partial charge in [-0.2, -0.15) is 0 Å². The number of rotatable bonds is 41. The zero-order valence-corrected chi connectivity index (χ0v) is 39.3. The molecule has 0 bridgehead atoms. The largest absolute Gasteiger partial charge is 0.462 e. The zero-order chi connectivity index (χ0) is 45.1. The molecule has 0 aliphatic carbocycles. The Morgan fingerprint density at radius 3 is 1.23 bits per heavy atom. The summed E-state index contributed by atoms with van der Waals surface area (Å²) in [5, 5.41) is 0. The van der Waals surface area contributed by atoms with Crippen molar-refractivity contribution in [3.05, 3.63) is 134 Å². The van der Waals surface area contributed by atoms with E-state index in [4.69, 9.17) is 14.2 Å². The fourth-order valence-electron chi connectivity index (χ4n) is 5.75. The van der Waals surface area contributed by atoms with Gasteiger partial charge in [-0.3, -0.25) is 14.4 Å². The highest BCUT2D eigenvalue weighted by Crippen LogP contribution is 2.09. The highest BCUT2D eigenvalue weighted by molar-refractivity contribution is 5.71. The van der Waals surface area contributed by atoms with Crippen LogP contribution in [0, 0.1) is 0 Å². The second-order valence-corrected chi connectivity index (χ2v) is 15.3. The van der Waals surface area contributed by atoms with Crippen molar-refractivity contribution in [1.29, 1.82) is 0 Å². The Hall–Kier alpha value is -4.45. The Labute approximate surface area is 379 Å². The molecule has 0 rings (SSSR count). The predicted molar refractivity (Wildman–Crippen MR) is 265 cm³/mol. The molecule has 0 saturated carbocycles. The van der Waals surface area contributed by atoms with Crippen molar-refractivity contribution in [3.8, 4) is 0 Å². The van der Waals surface area contributed by atoms with E-state index in [2.05, 4.69) is 142 Å². The molecule has 0 aromatic heterocycles. The minimum atomic E-state index is -0.854. The van der Waals surface area contributed by atoms with Gasteiger partial charge in [-0.25, -0.2) is 0 Å². The van der Waals surface area contributed by atoms with Gasteiger partial charge in [0, 0.05) is 19.3 Å². The van der Waals surface area contributed by atoms with Gasteiger partial charge in [0.1, 0.15) is 13.2 Å². The fraction of sp³-hybridized carbons (Fsp3) is 0.554. The second kappa shape index (κ2) is 49.2. The van der Waals surface area contributed by atoms with Crippen LogP contribution in [0.15, 0.2) is 134 Å². The fourth-order valence-corrected chi connectivity index (χ4v) is 5.75. The van der Waals surface area contributed by atoms with Crippen LogP contribution in [-0.2, 0) is 28.6 Å². The topological polar surface area (TPSA) is 78.9 Å². The monoisotopic (exact) mass is 855 g/mol. The number of carbonyl (C=O) groups is 3. The van der Waals surface area contributed by atoms with Crippen molar-refractivity contribution < 1.29 is 28.6 Å². The number of ether oxygens (including phenoxy) is 3. The summed E-state index contributed by atoms with van der Waals surface area (Å²) in [6, 6.07) is 0. The average molecular weight is 855 g/mol. The summed E-state index contributed by atoms with van der Waals surface area (Å²) in [5.74, 6) is -1.13. The van der Waals surface area contributed by atoms with Crippen LogP contribution in [0.25, 0.3) is 0 Å². The van der Waals surface area contributed by atoms with Crippen LogP contribution in [0.3, 0.4) is 0 Å². The molecule has 6 nitrogen and oxygen atoms in total. The Morgan fingerprint density at radius 2 is 0.742 bits per heavy atom. The van der Waals surface area contributed by atoms with Gasteiger partial charge in [0.25, 0.3) is 0 Å². The van der Waals surface area contributed by atoms with E-state index in [1.165, 1.54) is 38.5 Å². The maximum Gasteiger partial charge on any atom is 0.306 e. The van der Waals surface area contributed by atoms with Gasteiger partial charge in [-0.1, -0.05) is 187 Å². The number of unbranched alkanes of at least 4 members (excludes halogenated alkanes) is 9. The first-order valence-corrected chi connectivity index (χ1v) is 24.2. The van der Waals surface area contributed by atoms with Crippen molar-refractivity contribution in [3.63, 3.8) is 0 Å². The summed E-state index contributed by atoms with van der Waals surface area (Å²) in [6.45, 7) is 6.27. The molecule has 0 aliphatic rings. The van der Waals surface area contributed by atoms with Gasteiger partial charge in [-0.15, -0.1) is 0 Å². The van der Waals surface area contributed by atoms with Gasteiger partial charge in [0.15, 0.2) is 6.10 Å². The first-order chi connectivity index (χ1) is 30.5. The van der Waals surface area contributed by atoms with Crippen molar-refractivity contribution in [1.82, 2.24) is 0 Å². The van der Waals surface area contributed by atoms with E-state index in [1.807, 2.05) is 12.2 Å². The average Bonchev–Trinajstić information content (AvgIpc) is 3.27. The number of allylic oxidation sites excluding steroid dienone is 22. The van der Waals surface area contributed by atoms with Crippen molar-refractivity contribution in [2.75, 3.05) is 13.2 Å². The molecule has 0 aromatic carbocycles. The minimum absolute atomic E-state index is 0.144. The second-order valence-electron chi connectivity index (χ2n) is 15.3. The standard InChI is InChI=1S/C56H86O6/c1-4-7-10-13-16-19-22-24-26-28-30-31-34-37-40-43-46-49-55(58)61-52-53(51-60-54(57)48-45-42-39-36-33-21-18-15-12-9-6-3)62-56(59)50-47-44-41-38-35-32-29-27-25-23-20-17-14-11-8-5-2/h8,11,15-21,24-27,30-33,35,37,40-41,44,53H,4-7,9-10,12-14,22-23,28-29,34,36,38-39,42-43,45-52H2,1-3H3/b11-8-,18-15-,19-16-,20-17-,26-24-,27-25-,31-30-,33-21-,35-32-,40-37-,44-41-. The summed E-state index contributed by atoms with van der Waals surface area (Å²) < 4.78 is 16.6. The maximum atomic E-state index is 12.7. The summed E-state index contributed by atoms with van der Waals surface area (Å²) in [7, 11) is 0. The molecule has 1 atom stereocenters. The molecule has 0 N–H and O–H groups in total. The van der Waals surface area contributed by atoms with Gasteiger partial charge >= 0.3 is 17.9 Å². The lowest BCUT2D eigenvalue weighted by atomic mass is 10.1. The Bertz CT molecular complexity index is 1400. The molecule has 62 heavy (non-hydrogen) atoms. The summed E-state index contributed by atoms with van der Waals surface area (Å²) >= 11 is 0. The molecule has 0 radical (unpaired) electrons. The van der Waals surface area contributed by atoms with Gasteiger partial charge < -0.3 is 14.2 Å². The molecule has 0 fully saturated rings. The van der Waals surface area contributed by atoms with E-state index in [9.17, 15) is 14.4 Å². The normalized spacial score (nSPS) is 13.3. The molecule has 346 valence electrons. The van der Waals surface area contributed by atoms with Gasteiger partial charge in [-0.05, 0) is 109 Å². The van der Waals surface area contributed by atoms with E-state index in [-0.39, 0.29) is 38.0 Å². The summed E-state index contributed by atoms with van der Waals surface area (Å²) in [5.41, 5.74) is 0. The van der Waals surface area contributed by atoms with E-state index >= 15 is 0 Å². The lowest BCUT2D eigenvalue weighted by molar-refractivity contribution is -0.166. The lowest BCUT2D eigenvalue weighted by Crippen LogP contribution is -2.30. The molecule has 0 heterocycles. The number of esters is 3. The number of carbonyl (C=O) groups excluding carboxylic acids is 3. The van der Waals surface area contributed by atoms with Crippen LogP contribution in [-0.4, -0.2) is 37.2 Å². The molecule has 0 spiro atoms. The van der Waals surface area contributed by atoms with Crippen LogP contribution >= 0.6 is 0 Å². The predicted octanol–water partition coefficient (Wildman–Crippen LogP) is 15.9. The first-order valence-electron chi connectivity index (χ1n) is 24.2. The summed E-state index contributed by atoms with van der Waals surface area (Å²) in [4.78, 5) is 37.8. The van der Waals surface area contributed by atoms with Crippen LogP contribution in [0.4, 0.5) is 0 Å². The molecule has 0 aromatic rings. The molecule has 0 saturated heterocycles. The van der Waals surface area contributed by atoms with Gasteiger partial charge in [0.05, 0.1) is 0 Å². The molecular formula is C56H86O6. The smallest absolute Gasteiger partial charge is 0.306 e. The third kappa shape index (κ3) is 46.6. The SMILES string of the molecule is CC/C=C\C/C=C\C/C=C\C/C=C\C/C=C\CCC(=O)OC(COC(=O)CCC/C=C\C/C=C\C/C=C\C/C=C\CCCCC)COC(=O)CCCCC/C=C\C=C/CCCC. The number of hydrogen-bond donors (Lipinski definition) is 0. The van der Waals surface area contributed by atoms with E-state index in [0.29, 0.717) is 19.3 Å². The van der Waals surface area contributed by atoms with E-state index in [0.717, 1.165) is 89.9 Å². The van der Waals surface area contributed by atoms with E-state index < -0.39 is 12.1 Å². The quantitative estimate of drug-likeness (QED) is 0.0200. The maximum absolute atomic E-state index is 12.7. The van der Waals surface area contributed by atoms with E-state index in [1.54, 1.807) is 0 Å². The van der Waals surface area contributed by atoms with Gasteiger partial charge in [0.2, 0.25) is 0 Å². The first kappa shape index (κ1) is 57.5. The third-order valence-electron chi connectivity index (χ3n) is 9.40. The number of hydrogen-bond acceptors (Lipinski definition) is 6. The van der Waals surface area contributed by atoms with Crippen molar-refractivity contribution in [2.45, 2.75) is 187 Å². The lowest BCUT2D eigenvalue weighted by Gasteiger charge is -2.18. The van der Waals surface area contributed by atoms with Crippen LogP contribution < -0.4 is 0 Å². The molecule has 0 amide bonds. The minimum Gasteiger partial charge on any atom is -0.462 e. The Balaban J connectivity index is 4.64. The third-order valence-corrected chi connectivity index (χ3v) is 9.40. The highest BCUT2D eigenvalue weighted by atomic mass is 16.6. The molecule has 0 aliphatic heterocycles. The Kier molecular flexibility index (Phi) is 45.7. The highest BCUT2D eigenvalue weighted by Gasteiger charge is 2.19. The van der Waals surface area contributed by atoms with Crippen LogP contribution in [0.5, 0.6) is 0 Å².